The molecule has 0 radical (unpaired) electrons. The first-order valence-corrected chi connectivity index (χ1v) is 9.11. The molecule has 0 spiro atoms. The van der Waals surface area contributed by atoms with Gasteiger partial charge >= 0.3 is 0 Å². The Bertz CT molecular complexity index is 500. The molecule has 1 aromatic rings. The molecule has 0 heterocycles. The Morgan fingerprint density at radius 3 is 3.10 bits per heavy atom. The Hall–Kier alpha value is -0.690. The predicted molar refractivity (Wildman–Crippen MR) is 90.8 cm³/mol. The molecule has 1 fully saturated rings. The standard InChI is InChI=1S/C17H23ClN2S/c1-2-10-20-17(13-19)9-4-5-14(17)8-11-21-16-7-3-6-15(18)12-16/h3,6-7,12,14,20H,2,4-5,8-11H2,1H3. The number of nitrogens with zero attached hydrogens (tertiary/aromatic N) is 1. The lowest BCUT2D eigenvalue weighted by Crippen LogP contribution is -2.47. The van der Waals surface area contributed by atoms with E-state index in [9.17, 15) is 5.26 Å². The maximum atomic E-state index is 9.63. The molecule has 0 bridgehead atoms. The molecule has 1 aromatic carbocycles. The molecule has 2 unspecified atom stereocenters. The number of halogens is 1. The van der Waals surface area contributed by atoms with E-state index in [1.807, 2.05) is 30.0 Å². The van der Waals surface area contributed by atoms with E-state index in [0.29, 0.717) is 5.92 Å². The highest BCUT2D eigenvalue weighted by molar-refractivity contribution is 7.99. The molecule has 1 saturated carbocycles. The molecule has 2 nitrogen and oxygen atoms in total. The number of hydrogen-bond acceptors (Lipinski definition) is 3. The molecule has 114 valence electrons. The normalized spacial score (nSPS) is 24.9. The SMILES string of the molecule is CCCNC1(C#N)CCCC1CCSc1cccc(Cl)c1. The largest absolute Gasteiger partial charge is 0.299 e. The summed E-state index contributed by atoms with van der Waals surface area (Å²) in [6, 6.07) is 10.6. The van der Waals surface area contributed by atoms with Crippen molar-refractivity contribution >= 4 is 23.4 Å². The lowest BCUT2D eigenvalue weighted by atomic mass is 9.86. The molecule has 21 heavy (non-hydrogen) atoms. The van der Waals surface area contributed by atoms with Crippen molar-refractivity contribution in [1.82, 2.24) is 5.32 Å². The van der Waals surface area contributed by atoms with Crippen molar-refractivity contribution in [3.63, 3.8) is 0 Å². The summed E-state index contributed by atoms with van der Waals surface area (Å²) < 4.78 is 0. The predicted octanol–water partition coefficient (Wildman–Crippen LogP) is 4.88. The van der Waals surface area contributed by atoms with Gasteiger partial charge in [-0.25, -0.2) is 0 Å². The highest BCUT2D eigenvalue weighted by atomic mass is 35.5. The molecule has 0 aliphatic heterocycles. The van der Waals surface area contributed by atoms with Crippen LogP contribution in [0.15, 0.2) is 29.2 Å². The number of benzene rings is 1. The quantitative estimate of drug-likeness (QED) is 0.726. The van der Waals surface area contributed by atoms with Crippen molar-refractivity contribution in [2.45, 2.75) is 49.5 Å². The van der Waals surface area contributed by atoms with Crippen molar-refractivity contribution in [3.8, 4) is 6.07 Å². The van der Waals surface area contributed by atoms with Crippen LogP contribution in [-0.4, -0.2) is 17.8 Å². The van der Waals surface area contributed by atoms with Gasteiger partial charge in [0.1, 0.15) is 5.54 Å². The van der Waals surface area contributed by atoms with E-state index < -0.39 is 0 Å². The third-order valence-corrected chi connectivity index (χ3v) is 5.50. The van der Waals surface area contributed by atoms with Gasteiger partial charge in [-0.3, -0.25) is 5.32 Å². The number of thioether (sulfide) groups is 1. The Balaban J connectivity index is 1.88. The fourth-order valence-corrected chi connectivity index (χ4v) is 4.39. The topological polar surface area (TPSA) is 35.8 Å². The van der Waals surface area contributed by atoms with Crippen molar-refractivity contribution in [1.29, 1.82) is 5.26 Å². The summed E-state index contributed by atoms with van der Waals surface area (Å²) in [4.78, 5) is 1.21. The lowest BCUT2D eigenvalue weighted by molar-refractivity contribution is 0.311. The molecule has 1 N–H and O–H groups in total. The maximum Gasteiger partial charge on any atom is 0.109 e. The van der Waals surface area contributed by atoms with Crippen molar-refractivity contribution in [2.24, 2.45) is 5.92 Å². The van der Waals surface area contributed by atoms with E-state index in [-0.39, 0.29) is 5.54 Å². The summed E-state index contributed by atoms with van der Waals surface area (Å²) in [5.74, 6) is 1.52. The summed E-state index contributed by atoms with van der Waals surface area (Å²) in [5.41, 5.74) is -0.287. The van der Waals surface area contributed by atoms with Gasteiger partial charge in [0.2, 0.25) is 0 Å². The molecule has 2 rings (SSSR count). The second-order valence-electron chi connectivity index (χ2n) is 5.69. The van der Waals surface area contributed by atoms with Gasteiger partial charge in [-0.15, -0.1) is 11.8 Å². The first-order valence-electron chi connectivity index (χ1n) is 7.75. The Morgan fingerprint density at radius 1 is 1.52 bits per heavy atom. The molecule has 1 aliphatic rings. The second-order valence-corrected chi connectivity index (χ2v) is 7.30. The first kappa shape index (κ1) is 16.7. The van der Waals surface area contributed by atoms with Crippen molar-refractivity contribution in [2.75, 3.05) is 12.3 Å². The van der Waals surface area contributed by atoms with Gasteiger partial charge < -0.3 is 0 Å². The molecule has 2 atom stereocenters. The summed E-state index contributed by atoms with van der Waals surface area (Å²) >= 11 is 7.84. The van der Waals surface area contributed by atoms with Crippen LogP contribution in [0.5, 0.6) is 0 Å². The number of hydrogen-bond donors (Lipinski definition) is 1. The Kier molecular flexibility index (Phi) is 6.41. The van der Waals surface area contributed by atoms with E-state index >= 15 is 0 Å². The van der Waals surface area contributed by atoms with E-state index in [2.05, 4.69) is 24.4 Å². The highest BCUT2D eigenvalue weighted by Crippen LogP contribution is 2.39. The van der Waals surface area contributed by atoms with Gasteiger partial charge in [0.15, 0.2) is 0 Å². The Morgan fingerprint density at radius 2 is 2.38 bits per heavy atom. The van der Waals surface area contributed by atoms with Crippen LogP contribution in [0, 0.1) is 17.2 Å². The number of nitrogens with one attached hydrogen (secondary N) is 1. The van der Waals surface area contributed by atoms with E-state index in [4.69, 9.17) is 11.6 Å². The van der Waals surface area contributed by atoms with Crippen molar-refractivity contribution < 1.29 is 0 Å². The van der Waals surface area contributed by atoms with Gasteiger partial charge in [-0.2, -0.15) is 5.26 Å². The zero-order chi connectivity index (χ0) is 15.1. The van der Waals surface area contributed by atoms with Gasteiger partial charge in [-0.1, -0.05) is 31.0 Å². The summed E-state index contributed by atoms with van der Waals surface area (Å²) in [6.07, 6.45) is 5.49. The van der Waals surface area contributed by atoms with Gasteiger partial charge in [0, 0.05) is 9.92 Å². The highest BCUT2D eigenvalue weighted by Gasteiger charge is 2.42. The molecule has 4 heteroatoms. The van der Waals surface area contributed by atoms with E-state index in [0.717, 1.165) is 43.0 Å². The monoisotopic (exact) mass is 322 g/mol. The smallest absolute Gasteiger partial charge is 0.109 e. The van der Waals surface area contributed by atoms with Crippen LogP contribution in [0.3, 0.4) is 0 Å². The van der Waals surface area contributed by atoms with E-state index in [1.54, 1.807) is 0 Å². The third kappa shape index (κ3) is 4.39. The molecule has 1 aliphatic carbocycles. The summed E-state index contributed by atoms with van der Waals surface area (Å²) in [5, 5.41) is 13.9. The molecule has 0 aromatic heterocycles. The first-order chi connectivity index (χ1) is 10.2. The summed E-state index contributed by atoms with van der Waals surface area (Å²) in [6.45, 7) is 3.09. The average molecular weight is 323 g/mol. The zero-order valence-electron chi connectivity index (χ0n) is 12.6. The van der Waals surface area contributed by atoms with Crippen LogP contribution >= 0.6 is 23.4 Å². The lowest BCUT2D eigenvalue weighted by Gasteiger charge is -2.30. The number of nitriles is 1. The second kappa shape index (κ2) is 8.08. The minimum Gasteiger partial charge on any atom is -0.299 e. The molecular formula is C17H23ClN2S. The zero-order valence-corrected chi connectivity index (χ0v) is 14.1. The fourth-order valence-electron chi connectivity index (χ4n) is 3.11. The average Bonchev–Trinajstić information content (AvgIpc) is 2.89. The fraction of sp³-hybridized carbons (Fsp3) is 0.588. The van der Waals surface area contributed by atoms with Crippen LogP contribution in [0.2, 0.25) is 5.02 Å². The molecular weight excluding hydrogens is 300 g/mol. The van der Waals surface area contributed by atoms with E-state index in [1.165, 1.54) is 11.3 Å². The van der Waals surface area contributed by atoms with Crippen LogP contribution in [0.25, 0.3) is 0 Å². The molecule has 0 amide bonds. The van der Waals surface area contributed by atoms with Crippen molar-refractivity contribution in [3.05, 3.63) is 29.3 Å². The maximum absolute atomic E-state index is 9.63. The summed E-state index contributed by atoms with van der Waals surface area (Å²) in [7, 11) is 0. The minimum atomic E-state index is -0.287. The van der Waals surface area contributed by atoms with Gasteiger partial charge in [0.25, 0.3) is 0 Å². The molecule has 0 saturated heterocycles. The van der Waals surface area contributed by atoms with Crippen LogP contribution < -0.4 is 5.32 Å². The van der Waals surface area contributed by atoms with Crippen LogP contribution in [0.1, 0.15) is 39.0 Å². The van der Waals surface area contributed by atoms with Gasteiger partial charge in [-0.05, 0) is 62.1 Å². The number of rotatable bonds is 7. The van der Waals surface area contributed by atoms with Crippen LogP contribution in [-0.2, 0) is 0 Å². The van der Waals surface area contributed by atoms with Crippen LogP contribution in [0.4, 0.5) is 0 Å². The van der Waals surface area contributed by atoms with Gasteiger partial charge in [0.05, 0.1) is 6.07 Å². The third-order valence-electron chi connectivity index (χ3n) is 4.24. The Labute approximate surface area is 137 Å². The minimum absolute atomic E-state index is 0.287.